The zero-order valence-electron chi connectivity index (χ0n) is 17.5. The number of hydrogen-bond donors (Lipinski definition) is 0. The summed E-state index contributed by atoms with van der Waals surface area (Å²) < 4.78 is 58.3. The molecule has 0 amide bonds. The highest BCUT2D eigenvalue weighted by atomic mass is 32.2. The van der Waals surface area contributed by atoms with Crippen molar-refractivity contribution in [3.8, 4) is 0 Å². The third kappa shape index (κ3) is 5.17. The maximum Gasteiger partial charge on any atom is 0.338 e. The number of benzene rings is 2. The quantitative estimate of drug-likeness (QED) is 0.469. The minimum Gasteiger partial charge on any atom is -0.450 e. The Morgan fingerprint density at radius 2 is 1.62 bits per heavy atom. The molecule has 0 radical (unpaired) electrons. The van der Waals surface area contributed by atoms with Gasteiger partial charge in [-0.05, 0) is 12.1 Å². The van der Waals surface area contributed by atoms with Crippen LogP contribution in [0.1, 0.15) is 22.2 Å². The molecule has 2 fully saturated rings. The first-order chi connectivity index (χ1) is 15.4. The maximum absolute atomic E-state index is 12.7. The van der Waals surface area contributed by atoms with Gasteiger partial charge in [0.15, 0.2) is 18.7 Å². The second-order valence-electron chi connectivity index (χ2n) is 7.46. The van der Waals surface area contributed by atoms with Crippen LogP contribution < -0.4 is 0 Å². The lowest BCUT2D eigenvalue weighted by molar-refractivity contribution is -0.353. The molecule has 0 aliphatic carbocycles. The van der Waals surface area contributed by atoms with Crippen molar-refractivity contribution in [1.82, 2.24) is 0 Å². The van der Waals surface area contributed by atoms with E-state index in [2.05, 4.69) is 0 Å². The molecule has 2 aliphatic heterocycles. The summed E-state index contributed by atoms with van der Waals surface area (Å²) >= 11 is 0. The molecule has 0 spiro atoms. The predicted molar refractivity (Wildman–Crippen MR) is 111 cm³/mol. The molecule has 4 rings (SSSR count). The molecule has 2 heterocycles. The van der Waals surface area contributed by atoms with Crippen LogP contribution in [0.5, 0.6) is 0 Å². The van der Waals surface area contributed by atoms with Crippen LogP contribution in [0, 0.1) is 0 Å². The van der Waals surface area contributed by atoms with Crippen LogP contribution in [-0.2, 0) is 38.0 Å². The van der Waals surface area contributed by atoms with Gasteiger partial charge >= 0.3 is 5.97 Å². The zero-order chi connectivity index (χ0) is 22.7. The van der Waals surface area contributed by atoms with Crippen molar-refractivity contribution in [2.45, 2.75) is 37.0 Å². The van der Waals surface area contributed by atoms with Gasteiger partial charge in [0.25, 0.3) is 10.1 Å². The van der Waals surface area contributed by atoms with E-state index in [4.69, 9.17) is 27.9 Å². The van der Waals surface area contributed by atoms with Gasteiger partial charge in [-0.1, -0.05) is 48.5 Å². The number of hydrogen-bond acceptors (Lipinski definition) is 9. The van der Waals surface area contributed by atoms with E-state index in [1.807, 2.05) is 30.3 Å². The van der Waals surface area contributed by atoms with Crippen LogP contribution in [0.2, 0.25) is 0 Å². The molecule has 0 unspecified atom stereocenters. The van der Waals surface area contributed by atoms with Crippen molar-refractivity contribution in [2.75, 3.05) is 20.0 Å². The molecule has 0 N–H and O–H groups in total. The van der Waals surface area contributed by atoms with Crippen LogP contribution in [0.4, 0.5) is 0 Å². The smallest absolute Gasteiger partial charge is 0.338 e. The summed E-state index contributed by atoms with van der Waals surface area (Å²) in [5.74, 6) is -0.673. The normalized spacial score (nSPS) is 30.3. The van der Waals surface area contributed by atoms with Crippen molar-refractivity contribution < 1.29 is 41.1 Å². The van der Waals surface area contributed by atoms with E-state index < -0.39 is 53.1 Å². The lowest BCUT2D eigenvalue weighted by atomic mass is 9.97. The first-order valence-corrected chi connectivity index (χ1v) is 11.8. The van der Waals surface area contributed by atoms with E-state index >= 15 is 0 Å². The first-order valence-electron chi connectivity index (χ1n) is 10.0. The van der Waals surface area contributed by atoms with E-state index in [0.29, 0.717) is 0 Å². The van der Waals surface area contributed by atoms with Gasteiger partial charge in [0.2, 0.25) is 0 Å². The van der Waals surface area contributed by atoms with Crippen LogP contribution >= 0.6 is 0 Å². The Kier molecular flexibility index (Phi) is 6.89. The fourth-order valence-corrected chi connectivity index (χ4v) is 4.34. The number of carbonyl (C=O) groups excluding carboxylic acids is 1. The Bertz CT molecular complexity index is 1010. The average Bonchev–Trinajstić information content (AvgIpc) is 2.80. The van der Waals surface area contributed by atoms with Crippen LogP contribution in [0.3, 0.4) is 0 Å². The minimum atomic E-state index is -3.94. The Hall–Kier alpha value is -2.34. The van der Waals surface area contributed by atoms with Gasteiger partial charge in [0.05, 0.1) is 18.4 Å². The van der Waals surface area contributed by atoms with E-state index in [1.54, 1.807) is 30.3 Å². The minimum absolute atomic E-state index is 0.104. The van der Waals surface area contributed by atoms with Gasteiger partial charge in [-0.2, -0.15) is 8.42 Å². The Morgan fingerprint density at radius 3 is 2.25 bits per heavy atom. The van der Waals surface area contributed by atoms with E-state index in [0.717, 1.165) is 11.8 Å². The highest BCUT2D eigenvalue weighted by molar-refractivity contribution is 7.86. The molecule has 0 bridgehead atoms. The van der Waals surface area contributed by atoms with E-state index in [9.17, 15) is 13.2 Å². The Morgan fingerprint density at radius 1 is 0.969 bits per heavy atom. The summed E-state index contributed by atoms with van der Waals surface area (Å²) in [6.45, 7) is 0.104. The lowest BCUT2D eigenvalue weighted by Crippen LogP contribution is -2.64. The molecule has 2 aliphatic rings. The largest absolute Gasteiger partial charge is 0.450 e. The van der Waals surface area contributed by atoms with Gasteiger partial charge in [0, 0.05) is 12.7 Å². The van der Waals surface area contributed by atoms with Crippen LogP contribution in [0.15, 0.2) is 60.7 Å². The second kappa shape index (κ2) is 9.65. The molecule has 172 valence electrons. The van der Waals surface area contributed by atoms with Gasteiger partial charge in [0.1, 0.15) is 18.3 Å². The van der Waals surface area contributed by atoms with Crippen molar-refractivity contribution in [3.63, 3.8) is 0 Å². The number of methoxy groups -OCH3 is 1. The highest BCUT2D eigenvalue weighted by Crippen LogP contribution is 2.37. The maximum atomic E-state index is 12.7. The Labute approximate surface area is 186 Å². The van der Waals surface area contributed by atoms with Gasteiger partial charge in [-0.15, -0.1) is 0 Å². The number of rotatable bonds is 6. The van der Waals surface area contributed by atoms with Crippen molar-refractivity contribution in [3.05, 3.63) is 71.8 Å². The van der Waals surface area contributed by atoms with Crippen molar-refractivity contribution >= 4 is 16.1 Å². The number of carbonyl (C=O) groups is 1. The van der Waals surface area contributed by atoms with Crippen LogP contribution in [0.25, 0.3) is 0 Å². The summed E-state index contributed by atoms with van der Waals surface area (Å²) in [5.41, 5.74) is 1.04. The molecular weight excluding hydrogens is 440 g/mol. The number of ether oxygens (including phenoxy) is 5. The van der Waals surface area contributed by atoms with E-state index in [1.165, 1.54) is 7.11 Å². The molecule has 9 nitrogen and oxygen atoms in total. The molecule has 2 saturated heterocycles. The summed E-state index contributed by atoms with van der Waals surface area (Å²) in [5, 5.41) is 0. The second-order valence-corrected chi connectivity index (χ2v) is 9.06. The Balaban J connectivity index is 1.63. The molecule has 32 heavy (non-hydrogen) atoms. The summed E-state index contributed by atoms with van der Waals surface area (Å²) in [6, 6.07) is 17.5. The predicted octanol–water partition coefficient (Wildman–Crippen LogP) is 2.04. The van der Waals surface area contributed by atoms with Gasteiger partial charge < -0.3 is 23.7 Å². The molecular formula is C22H24O9S. The fraction of sp³-hybridized carbons (Fsp3) is 0.409. The molecule has 2 aromatic carbocycles. The van der Waals surface area contributed by atoms with Gasteiger partial charge in [-0.3, -0.25) is 4.18 Å². The summed E-state index contributed by atoms with van der Waals surface area (Å²) in [4.78, 5) is 12.7. The SMILES string of the molecule is CO[C@H]1O[C@@H]2CO[C@@H](c3ccccc3)O[C@H]2[C@H](OS(C)(=O)=O)[C@H]1OC(=O)c1ccccc1. The molecule has 0 saturated carbocycles. The number of fused-ring (bicyclic) bond motifs is 1. The summed E-state index contributed by atoms with van der Waals surface area (Å²) in [7, 11) is -2.58. The monoisotopic (exact) mass is 464 g/mol. The molecule has 10 heteroatoms. The third-order valence-electron chi connectivity index (χ3n) is 5.13. The van der Waals surface area contributed by atoms with Gasteiger partial charge in [-0.25, -0.2) is 4.79 Å². The van der Waals surface area contributed by atoms with Crippen molar-refractivity contribution in [2.24, 2.45) is 0 Å². The molecule has 6 atom stereocenters. The third-order valence-corrected chi connectivity index (χ3v) is 5.70. The zero-order valence-corrected chi connectivity index (χ0v) is 18.3. The van der Waals surface area contributed by atoms with E-state index in [-0.39, 0.29) is 12.2 Å². The summed E-state index contributed by atoms with van der Waals surface area (Å²) in [6.07, 6.45) is -4.95. The number of esters is 1. The van der Waals surface area contributed by atoms with Crippen molar-refractivity contribution in [1.29, 1.82) is 0 Å². The molecule has 2 aromatic rings. The van der Waals surface area contributed by atoms with Crippen LogP contribution in [-0.4, -0.2) is 65.1 Å². The standard InChI is InChI=1S/C22H24O9S/c1-26-22-19(29-20(23)14-9-5-3-6-10-14)18(31-32(2,24)25)17-16(28-22)13-27-21(30-17)15-11-7-4-8-12-15/h3-12,16-19,21-22H,13H2,1-2H3/t16-,17-,18+,19-,21-,22+/m1/s1. The first kappa shape index (κ1) is 22.8. The molecule has 0 aromatic heterocycles. The fourth-order valence-electron chi connectivity index (χ4n) is 3.72. The highest BCUT2D eigenvalue weighted by Gasteiger charge is 2.54. The lowest BCUT2D eigenvalue weighted by Gasteiger charge is -2.47. The topological polar surface area (TPSA) is 107 Å². The average molecular weight is 464 g/mol.